The summed E-state index contributed by atoms with van der Waals surface area (Å²) in [4.78, 5) is 39.0. The van der Waals surface area contributed by atoms with Crippen LogP contribution in [0.15, 0.2) is 47.8 Å². The predicted octanol–water partition coefficient (Wildman–Crippen LogP) is 2.60. The molecule has 26 heavy (non-hydrogen) atoms. The minimum atomic E-state index is -0.695. The molecule has 0 aliphatic carbocycles. The summed E-state index contributed by atoms with van der Waals surface area (Å²) in [6.07, 6.45) is 0. The highest BCUT2D eigenvalue weighted by Gasteiger charge is 2.28. The van der Waals surface area contributed by atoms with Crippen LogP contribution in [-0.4, -0.2) is 42.3 Å². The fourth-order valence-electron chi connectivity index (χ4n) is 2.39. The van der Waals surface area contributed by atoms with Crippen molar-refractivity contribution in [1.82, 2.24) is 10.2 Å². The van der Waals surface area contributed by atoms with Crippen molar-refractivity contribution in [3.8, 4) is 0 Å². The number of amides is 3. The molecule has 2 aromatic rings. The van der Waals surface area contributed by atoms with Crippen LogP contribution in [0.2, 0.25) is 0 Å². The summed E-state index contributed by atoms with van der Waals surface area (Å²) in [5.41, 5.74) is 0.671. The van der Waals surface area contributed by atoms with E-state index in [1.165, 1.54) is 16.2 Å². The van der Waals surface area contributed by atoms with Gasteiger partial charge in [0, 0.05) is 12.7 Å². The van der Waals surface area contributed by atoms with E-state index in [0.29, 0.717) is 10.6 Å². The molecule has 1 unspecified atom stereocenters. The van der Waals surface area contributed by atoms with Crippen LogP contribution in [0.4, 0.5) is 5.69 Å². The summed E-state index contributed by atoms with van der Waals surface area (Å²) in [6, 6.07) is 11.8. The third-order valence-corrected chi connectivity index (χ3v) is 4.65. The van der Waals surface area contributed by atoms with Crippen molar-refractivity contribution in [3.05, 3.63) is 52.7 Å². The molecule has 138 valence electrons. The first-order chi connectivity index (χ1) is 12.4. The van der Waals surface area contributed by atoms with Gasteiger partial charge in [0.25, 0.3) is 5.91 Å². The Kier molecular flexibility index (Phi) is 6.91. The summed E-state index contributed by atoms with van der Waals surface area (Å²) >= 11 is 1.32. The Morgan fingerprint density at radius 2 is 1.77 bits per heavy atom. The summed E-state index contributed by atoms with van der Waals surface area (Å²) in [6.45, 7) is 3.62. The van der Waals surface area contributed by atoms with Gasteiger partial charge in [-0.05, 0) is 29.5 Å². The van der Waals surface area contributed by atoms with Gasteiger partial charge in [-0.3, -0.25) is 14.4 Å². The van der Waals surface area contributed by atoms with E-state index in [-0.39, 0.29) is 30.2 Å². The quantitative estimate of drug-likeness (QED) is 0.783. The monoisotopic (exact) mass is 373 g/mol. The Morgan fingerprint density at radius 3 is 2.35 bits per heavy atom. The Hall–Kier alpha value is -2.67. The van der Waals surface area contributed by atoms with Crippen LogP contribution >= 0.6 is 11.3 Å². The number of likely N-dealkylation sites (N-methyl/N-ethyl adjacent to an activating group) is 1. The van der Waals surface area contributed by atoms with Crippen LogP contribution in [0, 0.1) is 5.92 Å². The number of carbonyl (C=O) groups excluding carboxylic acids is 3. The molecule has 0 spiro atoms. The third-order valence-electron chi connectivity index (χ3n) is 3.78. The topological polar surface area (TPSA) is 78.5 Å². The summed E-state index contributed by atoms with van der Waals surface area (Å²) in [7, 11) is 1.56. The maximum Gasteiger partial charge on any atom is 0.262 e. The number of benzene rings is 1. The van der Waals surface area contributed by atoms with Crippen LogP contribution in [0.3, 0.4) is 0 Å². The lowest BCUT2D eigenvalue weighted by molar-refractivity contribution is -0.135. The molecular formula is C19H23N3O3S. The van der Waals surface area contributed by atoms with E-state index >= 15 is 0 Å². The summed E-state index contributed by atoms with van der Waals surface area (Å²) < 4.78 is 0. The number of hydrogen-bond acceptors (Lipinski definition) is 4. The van der Waals surface area contributed by atoms with Crippen molar-refractivity contribution < 1.29 is 14.4 Å². The van der Waals surface area contributed by atoms with Gasteiger partial charge in [0.2, 0.25) is 11.8 Å². The molecule has 2 N–H and O–H groups in total. The summed E-state index contributed by atoms with van der Waals surface area (Å²) in [5, 5.41) is 7.32. The van der Waals surface area contributed by atoms with Crippen LogP contribution < -0.4 is 10.6 Å². The molecule has 2 rings (SSSR count). The standard InChI is InChI=1S/C19H23N3O3S/c1-13(2)17(21-18(24)15-10-7-11-26-15)19(25)22(3)12-16(23)20-14-8-5-4-6-9-14/h4-11,13,17H,12H2,1-3H3,(H,20,23)(H,21,24). The molecule has 1 heterocycles. The number of carbonyl (C=O) groups is 3. The van der Waals surface area contributed by atoms with E-state index in [4.69, 9.17) is 0 Å². The second kappa shape index (κ2) is 9.15. The fourth-order valence-corrected chi connectivity index (χ4v) is 3.01. The number of nitrogens with one attached hydrogen (secondary N) is 2. The molecule has 1 aromatic carbocycles. The summed E-state index contributed by atoms with van der Waals surface area (Å²) in [5.74, 6) is -0.979. The SMILES string of the molecule is CC(C)C(NC(=O)c1cccs1)C(=O)N(C)CC(=O)Nc1ccccc1. The minimum Gasteiger partial charge on any atom is -0.339 e. The second-order valence-electron chi connectivity index (χ2n) is 6.28. The van der Waals surface area contributed by atoms with Crippen molar-refractivity contribution in [1.29, 1.82) is 0 Å². The molecule has 0 saturated heterocycles. The zero-order chi connectivity index (χ0) is 19.1. The molecule has 7 heteroatoms. The highest BCUT2D eigenvalue weighted by Crippen LogP contribution is 2.12. The number of anilines is 1. The number of hydrogen-bond donors (Lipinski definition) is 2. The first-order valence-corrected chi connectivity index (χ1v) is 9.20. The molecule has 1 aromatic heterocycles. The fraction of sp³-hybridized carbons (Fsp3) is 0.316. The van der Waals surface area contributed by atoms with Gasteiger partial charge in [-0.1, -0.05) is 38.1 Å². The number of para-hydroxylation sites is 1. The van der Waals surface area contributed by atoms with E-state index in [1.807, 2.05) is 32.0 Å². The molecule has 0 radical (unpaired) electrons. The van der Waals surface area contributed by atoms with Gasteiger partial charge < -0.3 is 15.5 Å². The zero-order valence-electron chi connectivity index (χ0n) is 15.1. The normalized spacial score (nSPS) is 11.7. The molecule has 0 fully saturated rings. The largest absolute Gasteiger partial charge is 0.339 e. The number of rotatable bonds is 7. The van der Waals surface area contributed by atoms with Crippen molar-refractivity contribution in [2.45, 2.75) is 19.9 Å². The predicted molar refractivity (Wildman–Crippen MR) is 103 cm³/mol. The van der Waals surface area contributed by atoms with Crippen LogP contribution in [0.25, 0.3) is 0 Å². The van der Waals surface area contributed by atoms with Gasteiger partial charge in [0.15, 0.2) is 0 Å². The van der Waals surface area contributed by atoms with Gasteiger partial charge in [-0.2, -0.15) is 0 Å². The van der Waals surface area contributed by atoms with E-state index < -0.39 is 6.04 Å². The lowest BCUT2D eigenvalue weighted by Crippen LogP contribution is -2.51. The molecule has 0 aliphatic heterocycles. The first kappa shape index (κ1) is 19.7. The first-order valence-electron chi connectivity index (χ1n) is 8.32. The Morgan fingerprint density at radius 1 is 1.08 bits per heavy atom. The second-order valence-corrected chi connectivity index (χ2v) is 7.23. The Labute approximate surface area is 157 Å². The van der Waals surface area contributed by atoms with E-state index in [1.54, 1.807) is 36.7 Å². The maximum absolute atomic E-state index is 12.7. The molecule has 3 amide bonds. The van der Waals surface area contributed by atoms with E-state index in [9.17, 15) is 14.4 Å². The van der Waals surface area contributed by atoms with Gasteiger partial charge in [-0.25, -0.2) is 0 Å². The van der Waals surface area contributed by atoms with E-state index in [0.717, 1.165) is 0 Å². The molecule has 1 atom stereocenters. The molecular weight excluding hydrogens is 350 g/mol. The zero-order valence-corrected chi connectivity index (χ0v) is 15.9. The minimum absolute atomic E-state index is 0.0914. The van der Waals surface area contributed by atoms with Gasteiger partial charge in [0.05, 0.1) is 11.4 Å². The number of thiophene rings is 1. The Balaban J connectivity index is 1.96. The average molecular weight is 373 g/mol. The smallest absolute Gasteiger partial charge is 0.262 e. The van der Waals surface area contributed by atoms with Gasteiger partial charge in [0.1, 0.15) is 6.04 Å². The highest BCUT2D eigenvalue weighted by atomic mass is 32.1. The lowest BCUT2D eigenvalue weighted by Gasteiger charge is -2.26. The lowest BCUT2D eigenvalue weighted by atomic mass is 10.0. The maximum atomic E-state index is 12.7. The van der Waals surface area contributed by atoms with Crippen molar-refractivity contribution >= 4 is 34.7 Å². The van der Waals surface area contributed by atoms with Crippen molar-refractivity contribution in [2.75, 3.05) is 18.9 Å². The van der Waals surface area contributed by atoms with Crippen molar-refractivity contribution in [2.24, 2.45) is 5.92 Å². The Bertz CT molecular complexity index is 745. The van der Waals surface area contributed by atoms with Crippen LogP contribution in [0.5, 0.6) is 0 Å². The van der Waals surface area contributed by atoms with Gasteiger partial charge >= 0.3 is 0 Å². The molecule has 0 aliphatic rings. The molecule has 0 bridgehead atoms. The molecule has 0 saturated carbocycles. The van der Waals surface area contributed by atoms with Crippen molar-refractivity contribution in [3.63, 3.8) is 0 Å². The van der Waals surface area contributed by atoms with E-state index in [2.05, 4.69) is 10.6 Å². The van der Waals surface area contributed by atoms with Crippen LogP contribution in [0.1, 0.15) is 23.5 Å². The average Bonchev–Trinajstić information content (AvgIpc) is 3.14. The third kappa shape index (κ3) is 5.42. The van der Waals surface area contributed by atoms with Gasteiger partial charge in [-0.15, -0.1) is 11.3 Å². The highest BCUT2D eigenvalue weighted by molar-refractivity contribution is 7.12. The van der Waals surface area contributed by atoms with Crippen LogP contribution in [-0.2, 0) is 9.59 Å². The molecule has 6 nitrogen and oxygen atoms in total. The number of nitrogens with zero attached hydrogens (tertiary/aromatic N) is 1.